The van der Waals surface area contributed by atoms with Gasteiger partial charge in [-0.1, -0.05) is 26.3 Å². The minimum atomic E-state index is 0.704. The van der Waals surface area contributed by atoms with Crippen LogP contribution in [0, 0.1) is 0 Å². The number of pyridine rings is 1. The van der Waals surface area contributed by atoms with Gasteiger partial charge in [0.15, 0.2) is 0 Å². The SMILES string of the molecule is CCCC(CC)N(C)Cc1cccnc1. The lowest BCUT2D eigenvalue weighted by Gasteiger charge is -2.26. The second kappa shape index (κ2) is 6.57. The van der Waals surface area contributed by atoms with Gasteiger partial charge < -0.3 is 0 Å². The molecule has 2 heteroatoms. The van der Waals surface area contributed by atoms with Crippen molar-refractivity contribution in [3.8, 4) is 0 Å². The highest BCUT2D eigenvalue weighted by Gasteiger charge is 2.11. The van der Waals surface area contributed by atoms with Crippen LogP contribution in [-0.2, 0) is 6.54 Å². The largest absolute Gasteiger partial charge is 0.299 e. The predicted molar refractivity (Wildman–Crippen MR) is 64.7 cm³/mol. The van der Waals surface area contributed by atoms with Crippen molar-refractivity contribution < 1.29 is 0 Å². The highest BCUT2D eigenvalue weighted by Crippen LogP contribution is 2.12. The fourth-order valence-electron chi connectivity index (χ4n) is 1.98. The maximum atomic E-state index is 4.14. The topological polar surface area (TPSA) is 16.1 Å². The van der Waals surface area contributed by atoms with Crippen LogP contribution in [-0.4, -0.2) is 23.0 Å². The molecule has 0 fully saturated rings. The van der Waals surface area contributed by atoms with Crippen molar-refractivity contribution in [2.45, 2.75) is 45.7 Å². The van der Waals surface area contributed by atoms with Crippen LogP contribution >= 0.6 is 0 Å². The van der Waals surface area contributed by atoms with Crippen molar-refractivity contribution in [1.29, 1.82) is 0 Å². The van der Waals surface area contributed by atoms with Crippen LogP contribution in [0.1, 0.15) is 38.7 Å². The maximum Gasteiger partial charge on any atom is 0.0312 e. The van der Waals surface area contributed by atoms with E-state index in [0.29, 0.717) is 6.04 Å². The summed E-state index contributed by atoms with van der Waals surface area (Å²) in [5.41, 5.74) is 1.30. The van der Waals surface area contributed by atoms with Gasteiger partial charge in [-0.15, -0.1) is 0 Å². The Bertz CT molecular complexity index is 258. The Morgan fingerprint density at radius 3 is 2.73 bits per heavy atom. The minimum Gasteiger partial charge on any atom is -0.299 e. The van der Waals surface area contributed by atoms with E-state index in [4.69, 9.17) is 0 Å². The molecule has 0 aliphatic carbocycles. The number of hydrogen-bond donors (Lipinski definition) is 0. The van der Waals surface area contributed by atoms with Gasteiger partial charge in [0, 0.05) is 25.0 Å². The molecular formula is C13H22N2. The average molecular weight is 206 g/mol. The van der Waals surface area contributed by atoms with E-state index in [1.165, 1.54) is 24.8 Å². The Labute approximate surface area is 93.3 Å². The zero-order valence-corrected chi connectivity index (χ0v) is 10.1. The summed E-state index contributed by atoms with van der Waals surface area (Å²) in [6.07, 6.45) is 7.55. The monoisotopic (exact) mass is 206 g/mol. The first-order valence-corrected chi connectivity index (χ1v) is 5.87. The van der Waals surface area contributed by atoms with Crippen LogP contribution in [0.15, 0.2) is 24.5 Å². The van der Waals surface area contributed by atoms with E-state index in [-0.39, 0.29) is 0 Å². The molecular weight excluding hydrogens is 184 g/mol. The van der Waals surface area contributed by atoms with Gasteiger partial charge in [0.1, 0.15) is 0 Å². The molecule has 0 N–H and O–H groups in total. The van der Waals surface area contributed by atoms with E-state index in [1.807, 2.05) is 18.5 Å². The van der Waals surface area contributed by atoms with Gasteiger partial charge in [0.25, 0.3) is 0 Å². The molecule has 1 rings (SSSR count). The van der Waals surface area contributed by atoms with Crippen LogP contribution in [0.3, 0.4) is 0 Å². The summed E-state index contributed by atoms with van der Waals surface area (Å²) >= 11 is 0. The van der Waals surface area contributed by atoms with Crippen LogP contribution in [0.2, 0.25) is 0 Å². The Morgan fingerprint density at radius 2 is 2.20 bits per heavy atom. The van der Waals surface area contributed by atoms with Crippen molar-refractivity contribution in [3.63, 3.8) is 0 Å². The molecule has 0 saturated heterocycles. The summed E-state index contributed by atoms with van der Waals surface area (Å²) in [4.78, 5) is 6.57. The maximum absolute atomic E-state index is 4.14. The second-order valence-electron chi connectivity index (χ2n) is 4.13. The Kier molecular flexibility index (Phi) is 5.33. The zero-order chi connectivity index (χ0) is 11.1. The molecule has 0 aliphatic rings. The fraction of sp³-hybridized carbons (Fsp3) is 0.615. The third-order valence-electron chi connectivity index (χ3n) is 2.87. The van der Waals surface area contributed by atoms with Crippen molar-refractivity contribution in [1.82, 2.24) is 9.88 Å². The molecule has 1 aromatic rings. The normalized spacial score (nSPS) is 13.1. The molecule has 0 spiro atoms. The summed E-state index contributed by atoms with van der Waals surface area (Å²) in [7, 11) is 2.21. The summed E-state index contributed by atoms with van der Waals surface area (Å²) in [6, 6.07) is 4.85. The van der Waals surface area contributed by atoms with E-state index in [2.05, 4.69) is 36.8 Å². The van der Waals surface area contributed by atoms with Gasteiger partial charge in [0.2, 0.25) is 0 Å². The van der Waals surface area contributed by atoms with Gasteiger partial charge in [-0.25, -0.2) is 0 Å². The predicted octanol–water partition coefficient (Wildman–Crippen LogP) is 3.09. The molecule has 0 radical (unpaired) electrons. The molecule has 84 valence electrons. The Hall–Kier alpha value is -0.890. The van der Waals surface area contributed by atoms with Gasteiger partial charge >= 0.3 is 0 Å². The molecule has 2 nitrogen and oxygen atoms in total. The first-order chi connectivity index (χ1) is 7.27. The molecule has 0 amide bonds. The van der Waals surface area contributed by atoms with Crippen molar-refractivity contribution in [2.24, 2.45) is 0 Å². The van der Waals surface area contributed by atoms with E-state index in [0.717, 1.165) is 6.54 Å². The number of rotatable bonds is 6. The van der Waals surface area contributed by atoms with Gasteiger partial charge in [0.05, 0.1) is 0 Å². The summed E-state index contributed by atoms with van der Waals surface area (Å²) in [6.45, 7) is 5.52. The Morgan fingerprint density at radius 1 is 1.40 bits per heavy atom. The standard InChI is InChI=1S/C13H22N2/c1-4-7-13(5-2)15(3)11-12-8-6-9-14-10-12/h6,8-10,13H,4-5,7,11H2,1-3H3. The molecule has 1 heterocycles. The zero-order valence-electron chi connectivity index (χ0n) is 10.1. The Balaban J connectivity index is 2.50. The van der Waals surface area contributed by atoms with Crippen molar-refractivity contribution >= 4 is 0 Å². The summed E-state index contributed by atoms with van der Waals surface area (Å²) in [5.74, 6) is 0. The summed E-state index contributed by atoms with van der Waals surface area (Å²) in [5, 5.41) is 0. The van der Waals surface area contributed by atoms with Crippen molar-refractivity contribution in [3.05, 3.63) is 30.1 Å². The van der Waals surface area contributed by atoms with Gasteiger partial charge in [-0.05, 0) is 31.5 Å². The third kappa shape index (κ3) is 4.00. The lowest BCUT2D eigenvalue weighted by atomic mass is 10.1. The van der Waals surface area contributed by atoms with Crippen LogP contribution in [0.4, 0.5) is 0 Å². The summed E-state index contributed by atoms with van der Waals surface area (Å²) < 4.78 is 0. The number of aromatic nitrogens is 1. The van der Waals surface area contributed by atoms with E-state index in [9.17, 15) is 0 Å². The first kappa shape index (κ1) is 12.2. The highest BCUT2D eigenvalue weighted by molar-refractivity contribution is 5.08. The molecule has 1 atom stereocenters. The third-order valence-corrected chi connectivity index (χ3v) is 2.87. The second-order valence-corrected chi connectivity index (χ2v) is 4.13. The average Bonchev–Trinajstić information content (AvgIpc) is 2.27. The molecule has 1 aromatic heterocycles. The fourth-order valence-corrected chi connectivity index (χ4v) is 1.98. The number of nitrogens with zero attached hydrogens (tertiary/aromatic N) is 2. The molecule has 0 saturated carbocycles. The first-order valence-electron chi connectivity index (χ1n) is 5.87. The van der Waals surface area contributed by atoms with Gasteiger partial charge in [-0.3, -0.25) is 9.88 Å². The van der Waals surface area contributed by atoms with Crippen molar-refractivity contribution in [2.75, 3.05) is 7.05 Å². The molecule has 1 unspecified atom stereocenters. The molecule has 0 aliphatic heterocycles. The van der Waals surface area contributed by atoms with Crippen LogP contribution < -0.4 is 0 Å². The smallest absolute Gasteiger partial charge is 0.0312 e. The molecule has 0 bridgehead atoms. The molecule has 15 heavy (non-hydrogen) atoms. The minimum absolute atomic E-state index is 0.704. The van der Waals surface area contributed by atoms with E-state index in [1.54, 1.807) is 0 Å². The number of hydrogen-bond acceptors (Lipinski definition) is 2. The lowest BCUT2D eigenvalue weighted by Crippen LogP contribution is -2.30. The highest BCUT2D eigenvalue weighted by atomic mass is 15.1. The van der Waals surface area contributed by atoms with Crippen LogP contribution in [0.25, 0.3) is 0 Å². The van der Waals surface area contributed by atoms with Crippen LogP contribution in [0.5, 0.6) is 0 Å². The van der Waals surface area contributed by atoms with E-state index >= 15 is 0 Å². The quantitative estimate of drug-likeness (QED) is 0.711. The van der Waals surface area contributed by atoms with Gasteiger partial charge in [-0.2, -0.15) is 0 Å². The lowest BCUT2D eigenvalue weighted by molar-refractivity contribution is 0.214. The molecule has 0 aromatic carbocycles. The van der Waals surface area contributed by atoms with E-state index < -0.39 is 0 Å².